The second-order valence-electron chi connectivity index (χ2n) is 9.81. The summed E-state index contributed by atoms with van der Waals surface area (Å²) in [5, 5.41) is 2.58. The Balaban J connectivity index is 1.43. The van der Waals surface area contributed by atoms with Crippen molar-refractivity contribution in [3.63, 3.8) is 0 Å². The van der Waals surface area contributed by atoms with E-state index < -0.39 is 17.1 Å². The van der Waals surface area contributed by atoms with Gasteiger partial charge in [-0.15, -0.1) is 0 Å². The highest BCUT2D eigenvalue weighted by atomic mass is 79.9. The van der Waals surface area contributed by atoms with Crippen molar-refractivity contribution in [2.45, 2.75) is 29.7 Å². The number of nitrogens with one attached hydrogen (secondary N) is 1. The standard InChI is InChI=1S/C30H24BrN3O5S2/c1-16-7-11-18(12-8-16)32-22(35)15-33-29-26(41-30(33)38)23(20-5-3-4-6-21(20)39-2)24-25(40-29)28(37)34(27(24)36)19-13-9-17(31)10-14-19/h3-14,23-25H,15H2,1-2H3,(H,32,35). The van der Waals surface area contributed by atoms with Gasteiger partial charge in [-0.2, -0.15) is 0 Å². The Labute approximate surface area is 252 Å². The predicted octanol–water partition coefficient (Wildman–Crippen LogP) is 5.42. The number of para-hydroxylation sites is 1. The minimum Gasteiger partial charge on any atom is -0.496 e. The number of carbonyl (C=O) groups excluding carboxylic acids is 3. The van der Waals surface area contributed by atoms with Gasteiger partial charge in [0.05, 0.1) is 23.7 Å². The summed E-state index contributed by atoms with van der Waals surface area (Å²) in [6.07, 6.45) is 0. The number of thiazole rings is 1. The number of benzene rings is 3. The average molecular weight is 651 g/mol. The molecule has 4 aromatic rings. The van der Waals surface area contributed by atoms with Gasteiger partial charge >= 0.3 is 4.87 Å². The molecule has 0 aliphatic carbocycles. The number of aryl methyl sites for hydroxylation is 1. The van der Waals surface area contributed by atoms with Crippen molar-refractivity contribution in [1.29, 1.82) is 0 Å². The number of ether oxygens (including phenoxy) is 1. The molecule has 2 aliphatic rings. The number of nitrogens with zero attached hydrogens (tertiary/aromatic N) is 2. The summed E-state index contributed by atoms with van der Waals surface area (Å²) in [5.41, 5.74) is 2.88. The van der Waals surface area contributed by atoms with E-state index in [0.29, 0.717) is 32.6 Å². The molecule has 3 amide bonds. The first-order chi connectivity index (χ1) is 19.8. The summed E-state index contributed by atoms with van der Waals surface area (Å²) in [4.78, 5) is 55.8. The van der Waals surface area contributed by atoms with Gasteiger partial charge in [0.2, 0.25) is 17.7 Å². The number of carbonyl (C=O) groups is 3. The van der Waals surface area contributed by atoms with Crippen molar-refractivity contribution in [3.05, 3.63) is 103 Å². The Morgan fingerprint density at radius 1 is 0.976 bits per heavy atom. The zero-order valence-electron chi connectivity index (χ0n) is 22.0. The van der Waals surface area contributed by atoms with Crippen LogP contribution in [0.25, 0.3) is 0 Å². The fourth-order valence-corrected chi connectivity index (χ4v) is 8.37. The van der Waals surface area contributed by atoms with E-state index >= 15 is 0 Å². The Kier molecular flexibility index (Phi) is 7.35. The largest absolute Gasteiger partial charge is 0.496 e. The zero-order valence-corrected chi connectivity index (χ0v) is 25.2. The molecule has 208 valence electrons. The van der Waals surface area contributed by atoms with E-state index in [9.17, 15) is 19.2 Å². The normalized spacial score (nSPS) is 19.6. The monoisotopic (exact) mass is 649 g/mol. The number of halogens is 1. The Hall–Kier alpha value is -3.67. The van der Waals surface area contributed by atoms with Gasteiger partial charge in [-0.25, -0.2) is 4.90 Å². The minimum atomic E-state index is -0.783. The van der Waals surface area contributed by atoms with Gasteiger partial charge in [0, 0.05) is 26.5 Å². The molecule has 3 unspecified atom stereocenters. The fourth-order valence-electron chi connectivity index (χ4n) is 5.34. The van der Waals surface area contributed by atoms with Crippen LogP contribution in [0, 0.1) is 12.8 Å². The molecule has 3 heterocycles. The lowest BCUT2D eigenvalue weighted by Gasteiger charge is -2.31. The van der Waals surface area contributed by atoms with Crippen LogP contribution in [0.5, 0.6) is 5.75 Å². The molecule has 3 aromatic carbocycles. The van der Waals surface area contributed by atoms with Crippen molar-refractivity contribution >= 4 is 68.1 Å². The van der Waals surface area contributed by atoms with Gasteiger partial charge < -0.3 is 10.1 Å². The fraction of sp³-hybridized carbons (Fsp3) is 0.200. The van der Waals surface area contributed by atoms with Crippen LogP contribution in [0.15, 0.2) is 87.1 Å². The van der Waals surface area contributed by atoms with Crippen molar-refractivity contribution in [1.82, 2.24) is 4.57 Å². The maximum Gasteiger partial charge on any atom is 0.308 e. The van der Waals surface area contributed by atoms with Crippen molar-refractivity contribution in [3.8, 4) is 5.75 Å². The highest BCUT2D eigenvalue weighted by molar-refractivity contribution is 9.10. The second-order valence-corrected chi connectivity index (χ2v) is 12.8. The Morgan fingerprint density at radius 2 is 1.68 bits per heavy atom. The molecule has 0 saturated carbocycles. The number of methoxy groups -OCH3 is 1. The predicted molar refractivity (Wildman–Crippen MR) is 163 cm³/mol. The molecule has 2 aliphatic heterocycles. The summed E-state index contributed by atoms with van der Waals surface area (Å²) in [6.45, 7) is 1.73. The highest BCUT2D eigenvalue weighted by Crippen LogP contribution is 2.55. The average Bonchev–Trinajstić information content (AvgIpc) is 3.41. The van der Waals surface area contributed by atoms with E-state index in [1.165, 1.54) is 21.2 Å². The second kappa shape index (κ2) is 11.0. The number of fused-ring (bicyclic) bond motifs is 2. The third-order valence-electron chi connectivity index (χ3n) is 7.25. The van der Waals surface area contributed by atoms with Gasteiger partial charge in [0.25, 0.3) is 0 Å². The van der Waals surface area contributed by atoms with Gasteiger partial charge in [0.1, 0.15) is 17.5 Å². The van der Waals surface area contributed by atoms with E-state index in [-0.39, 0.29) is 29.1 Å². The van der Waals surface area contributed by atoms with Crippen LogP contribution in [-0.4, -0.2) is 34.6 Å². The van der Waals surface area contributed by atoms with Crippen molar-refractivity contribution in [2.75, 3.05) is 17.3 Å². The van der Waals surface area contributed by atoms with Crippen LogP contribution in [0.4, 0.5) is 11.4 Å². The van der Waals surface area contributed by atoms with Crippen LogP contribution in [0.2, 0.25) is 0 Å². The van der Waals surface area contributed by atoms with Crippen molar-refractivity contribution in [2.24, 2.45) is 5.92 Å². The first-order valence-corrected chi connectivity index (χ1v) is 15.3. The summed E-state index contributed by atoms with van der Waals surface area (Å²) >= 11 is 5.59. The van der Waals surface area contributed by atoms with Crippen LogP contribution >= 0.6 is 39.0 Å². The molecule has 1 fully saturated rings. The third-order valence-corrected chi connectivity index (χ3v) is 10.4. The molecule has 3 atom stereocenters. The Morgan fingerprint density at radius 3 is 2.39 bits per heavy atom. The molecule has 11 heteroatoms. The lowest BCUT2D eigenvalue weighted by Crippen LogP contribution is -2.33. The summed E-state index contributed by atoms with van der Waals surface area (Å²) in [5.74, 6) is -1.86. The van der Waals surface area contributed by atoms with E-state index in [2.05, 4.69) is 21.2 Å². The molecule has 1 saturated heterocycles. The van der Waals surface area contributed by atoms with Crippen LogP contribution in [-0.2, 0) is 20.9 Å². The highest BCUT2D eigenvalue weighted by Gasteiger charge is 2.57. The van der Waals surface area contributed by atoms with Crippen LogP contribution in [0.1, 0.15) is 21.9 Å². The lowest BCUT2D eigenvalue weighted by atomic mass is 9.82. The van der Waals surface area contributed by atoms with Gasteiger partial charge in [0.15, 0.2) is 0 Å². The van der Waals surface area contributed by atoms with E-state index in [0.717, 1.165) is 21.4 Å². The molecular weight excluding hydrogens is 626 g/mol. The molecule has 8 nitrogen and oxygen atoms in total. The first kappa shape index (κ1) is 27.5. The number of amides is 3. The minimum absolute atomic E-state index is 0.222. The maximum absolute atomic E-state index is 14.0. The van der Waals surface area contributed by atoms with Crippen molar-refractivity contribution < 1.29 is 19.1 Å². The van der Waals surface area contributed by atoms with Gasteiger partial charge in [-0.05, 0) is 49.4 Å². The number of hydrogen-bond acceptors (Lipinski definition) is 7. The molecule has 1 N–H and O–H groups in total. The maximum atomic E-state index is 14.0. The summed E-state index contributed by atoms with van der Waals surface area (Å²) in [7, 11) is 1.55. The first-order valence-electron chi connectivity index (χ1n) is 12.8. The van der Waals surface area contributed by atoms with E-state index in [1.807, 2.05) is 37.3 Å². The molecule has 41 heavy (non-hydrogen) atoms. The number of anilines is 2. The summed E-state index contributed by atoms with van der Waals surface area (Å²) < 4.78 is 7.90. The van der Waals surface area contributed by atoms with Gasteiger partial charge in [-0.1, -0.05) is 74.9 Å². The topological polar surface area (TPSA) is 97.7 Å². The Bertz CT molecular complexity index is 1730. The van der Waals surface area contributed by atoms with Crippen LogP contribution in [0.3, 0.4) is 0 Å². The molecule has 6 rings (SSSR count). The third kappa shape index (κ3) is 4.92. The zero-order chi connectivity index (χ0) is 28.8. The molecule has 1 aromatic heterocycles. The van der Waals surface area contributed by atoms with Crippen LogP contribution < -0.4 is 19.8 Å². The number of thioether (sulfide) groups is 1. The SMILES string of the molecule is COc1ccccc1C1c2sc(=O)n(CC(=O)Nc3ccc(C)cc3)c2SC2C(=O)N(c3ccc(Br)cc3)C(=O)C21. The van der Waals surface area contributed by atoms with E-state index in [1.54, 1.807) is 49.6 Å². The number of aromatic nitrogens is 1. The van der Waals surface area contributed by atoms with E-state index in [4.69, 9.17) is 4.74 Å². The molecule has 0 spiro atoms. The number of hydrogen-bond donors (Lipinski definition) is 1. The molecule has 0 bridgehead atoms. The van der Waals surface area contributed by atoms with Gasteiger partial charge in [-0.3, -0.25) is 23.7 Å². The summed E-state index contributed by atoms with van der Waals surface area (Å²) in [6, 6.07) is 21.7. The molecule has 0 radical (unpaired) electrons. The number of imide groups is 1. The lowest BCUT2D eigenvalue weighted by molar-refractivity contribution is -0.122. The number of rotatable bonds is 6. The quantitative estimate of drug-likeness (QED) is 0.280. The smallest absolute Gasteiger partial charge is 0.308 e. The molecular formula is C30H24BrN3O5S2.